The van der Waals surface area contributed by atoms with Gasteiger partial charge in [-0.25, -0.2) is 14.6 Å². The summed E-state index contributed by atoms with van der Waals surface area (Å²) in [7, 11) is 0. The van der Waals surface area contributed by atoms with Crippen LogP contribution in [0.4, 0.5) is 4.79 Å². The summed E-state index contributed by atoms with van der Waals surface area (Å²) in [5, 5.41) is 11.8. The highest BCUT2D eigenvalue weighted by Crippen LogP contribution is 2.07. The number of hydrogen-bond acceptors (Lipinski definition) is 4. The number of carbonyl (C=O) groups is 2. The third-order valence-corrected chi connectivity index (χ3v) is 4.11. The Kier molecular flexibility index (Phi) is 6.41. The maximum Gasteiger partial charge on any atom is 0.408 e. The van der Waals surface area contributed by atoms with Gasteiger partial charge in [-0.2, -0.15) is 0 Å². The molecule has 1 aromatic heterocycles. The van der Waals surface area contributed by atoms with Crippen molar-refractivity contribution in [2.75, 3.05) is 0 Å². The number of carboxylic acids is 1. The van der Waals surface area contributed by atoms with Gasteiger partial charge in [0.25, 0.3) is 0 Å². The number of hydrogen-bond donors (Lipinski definition) is 2. The number of amides is 1. The number of ether oxygens (including phenoxy) is 1. The van der Waals surface area contributed by atoms with Crippen molar-refractivity contribution in [1.29, 1.82) is 0 Å². The summed E-state index contributed by atoms with van der Waals surface area (Å²) in [6.45, 7) is 0.711. The fourth-order valence-corrected chi connectivity index (χ4v) is 2.71. The first-order chi connectivity index (χ1) is 13.6. The summed E-state index contributed by atoms with van der Waals surface area (Å²) < 4.78 is 6.96. The molecule has 0 aliphatic rings. The van der Waals surface area contributed by atoms with Crippen LogP contribution in [-0.2, 0) is 29.1 Å². The molecule has 0 fully saturated rings. The number of nitrogens with zero attached hydrogens (tertiary/aromatic N) is 2. The molecule has 144 valence electrons. The van der Waals surface area contributed by atoms with Gasteiger partial charge in [0.05, 0.1) is 12.0 Å². The number of aromatic nitrogens is 2. The van der Waals surface area contributed by atoms with Gasteiger partial charge in [0.15, 0.2) is 0 Å². The standard InChI is InChI=1S/C21H21N3O4/c25-20(26)19(23-21(27)28-14-17-9-5-2-6-10-17)11-18-13-24(15-22-18)12-16-7-3-1-4-8-16/h1-10,13,15,19H,11-12,14H2,(H,23,27)(H,25,26)/t19-/m0/s1. The minimum absolute atomic E-state index is 0.0670. The number of alkyl carbamates (subject to hydrolysis) is 1. The number of nitrogens with one attached hydrogen (secondary N) is 1. The van der Waals surface area contributed by atoms with Gasteiger partial charge in [-0.3, -0.25) is 0 Å². The van der Waals surface area contributed by atoms with Crippen molar-refractivity contribution in [3.05, 3.63) is 90.0 Å². The first-order valence-electron chi connectivity index (χ1n) is 8.85. The zero-order chi connectivity index (χ0) is 19.8. The van der Waals surface area contributed by atoms with E-state index in [-0.39, 0.29) is 13.0 Å². The Morgan fingerprint density at radius 2 is 1.68 bits per heavy atom. The summed E-state index contributed by atoms with van der Waals surface area (Å²) in [4.78, 5) is 27.7. The van der Waals surface area contributed by atoms with Crippen molar-refractivity contribution in [1.82, 2.24) is 14.9 Å². The van der Waals surface area contributed by atoms with Gasteiger partial charge in [0.2, 0.25) is 0 Å². The monoisotopic (exact) mass is 379 g/mol. The van der Waals surface area contributed by atoms with E-state index in [0.29, 0.717) is 12.2 Å². The highest BCUT2D eigenvalue weighted by Gasteiger charge is 2.22. The van der Waals surface area contributed by atoms with Crippen LogP contribution in [0.2, 0.25) is 0 Å². The first kappa shape index (κ1) is 19.2. The molecule has 0 saturated carbocycles. The van der Waals surface area contributed by atoms with E-state index in [1.54, 1.807) is 12.5 Å². The zero-order valence-electron chi connectivity index (χ0n) is 15.2. The fourth-order valence-electron chi connectivity index (χ4n) is 2.71. The van der Waals surface area contributed by atoms with E-state index < -0.39 is 18.1 Å². The SMILES string of the molecule is O=C(N[C@@H](Cc1cn(Cc2ccccc2)cn1)C(=O)O)OCc1ccccc1. The van der Waals surface area contributed by atoms with E-state index in [4.69, 9.17) is 4.74 Å². The fraction of sp³-hybridized carbons (Fsp3) is 0.190. The van der Waals surface area contributed by atoms with Crippen molar-refractivity contribution < 1.29 is 19.4 Å². The Labute approximate surface area is 162 Å². The number of aliphatic carboxylic acids is 1. The van der Waals surface area contributed by atoms with Crippen LogP contribution >= 0.6 is 0 Å². The van der Waals surface area contributed by atoms with Crippen LogP contribution in [0.5, 0.6) is 0 Å². The van der Waals surface area contributed by atoms with Gasteiger partial charge >= 0.3 is 12.1 Å². The molecule has 1 atom stereocenters. The largest absolute Gasteiger partial charge is 0.480 e. The Morgan fingerprint density at radius 3 is 2.32 bits per heavy atom. The molecule has 3 rings (SSSR count). The van der Waals surface area contributed by atoms with Crippen LogP contribution in [0.1, 0.15) is 16.8 Å². The Bertz CT molecular complexity index is 910. The van der Waals surface area contributed by atoms with E-state index in [0.717, 1.165) is 11.1 Å². The van der Waals surface area contributed by atoms with Crippen LogP contribution < -0.4 is 5.32 Å². The van der Waals surface area contributed by atoms with Gasteiger partial charge in [-0.1, -0.05) is 60.7 Å². The molecular formula is C21H21N3O4. The molecular weight excluding hydrogens is 358 g/mol. The molecule has 2 N–H and O–H groups in total. The maximum atomic E-state index is 11.9. The summed E-state index contributed by atoms with van der Waals surface area (Å²) in [6, 6.07) is 17.9. The molecule has 1 heterocycles. The lowest BCUT2D eigenvalue weighted by Gasteiger charge is -2.13. The number of imidazole rings is 1. The average Bonchev–Trinajstić information content (AvgIpc) is 3.14. The van der Waals surface area contributed by atoms with Crippen molar-refractivity contribution in [3.8, 4) is 0 Å². The zero-order valence-corrected chi connectivity index (χ0v) is 15.2. The maximum absolute atomic E-state index is 11.9. The lowest BCUT2D eigenvalue weighted by molar-refractivity contribution is -0.139. The molecule has 3 aromatic rings. The molecule has 0 spiro atoms. The van der Waals surface area contributed by atoms with Crippen LogP contribution in [-0.4, -0.2) is 32.8 Å². The van der Waals surface area contributed by atoms with Crippen molar-refractivity contribution in [2.24, 2.45) is 0 Å². The van der Waals surface area contributed by atoms with Crippen molar-refractivity contribution >= 4 is 12.1 Å². The van der Waals surface area contributed by atoms with Crippen LogP contribution in [0, 0.1) is 0 Å². The Hall–Kier alpha value is -3.61. The van der Waals surface area contributed by atoms with E-state index in [2.05, 4.69) is 10.3 Å². The van der Waals surface area contributed by atoms with Gasteiger partial charge in [-0.15, -0.1) is 0 Å². The third-order valence-electron chi connectivity index (χ3n) is 4.11. The predicted octanol–water partition coefficient (Wildman–Crippen LogP) is 2.85. The molecule has 0 unspecified atom stereocenters. The normalized spacial score (nSPS) is 11.6. The van der Waals surface area contributed by atoms with Crippen LogP contribution in [0.3, 0.4) is 0 Å². The molecule has 0 radical (unpaired) electrons. The number of carbonyl (C=O) groups excluding carboxylic acids is 1. The molecule has 1 amide bonds. The third kappa shape index (κ3) is 5.70. The highest BCUT2D eigenvalue weighted by molar-refractivity contribution is 5.80. The second kappa shape index (κ2) is 9.36. The second-order valence-corrected chi connectivity index (χ2v) is 6.32. The summed E-state index contributed by atoms with van der Waals surface area (Å²) >= 11 is 0. The molecule has 28 heavy (non-hydrogen) atoms. The molecule has 0 bridgehead atoms. The van der Waals surface area contributed by atoms with Crippen LogP contribution in [0.25, 0.3) is 0 Å². The van der Waals surface area contributed by atoms with E-state index in [1.165, 1.54) is 0 Å². The van der Waals surface area contributed by atoms with Gasteiger partial charge in [0, 0.05) is 19.2 Å². The van der Waals surface area contributed by atoms with Crippen molar-refractivity contribution in [2.45, 2.75) is 25.6 Å². The lowest BCUT2D eigenvalue weighted by Crippen LogP contribution is -2.42. The molecule has 0 saturated heterocycles. The van der Waals surface area contributed by atoms with E-state index >= 15 is 0 Å². The van der Waals surface area contributed by atoms with Gasteiger partial charge < -0.3 is 19.7 Å². The minimum atomic E-state index is -1.14. The second-order valence-electron chi connectivity index (χ2n) is 6.32. The molecule has 0 aliphatic heterocycles. The van der Waals surface area contributed by atoms with E-state index in [9.17, 15) is 14.7 Å². The first-order valence-corrected chi connectivity index (χ1v) is 8.85. The van der Waals surface area contributed by atoms with Gasteiger partial charge in [0.1, 0.15) is 12.6 Å². The topological polar surface area (TPSA) is 93.5 Å². The molecule has 7 nitrogen and oxygen atoms in total. The predicted molar refractivity (Wildman–Crippen MR) is 103 cm³/mol. The van der Waals surface area contributed by atoms with Crippen LogP contribution in [0.15, 0.2) is 73.2 Å². The quantitative estimate of drug-likeness (QED) is 0.628. The Balaban J connectivity index is 1.54. The lowest BCUT2D eigenvalue weighted by atomic mass is 10.1. The van der Waals surface area contributed by atoms with E-state index in [1.807, 2.05) is 65.2 Å². The summed E-state index contributed by atoms with van der Waals surface area (Å²) in [5.41, 5.74) is 2.51. The number of carboxylic acid groups (broad SMARTS) is 1. The molecule has 0 aliphatic carbocycles. The minimum Gasteiger partial charge on any atom is -0.480 e. The number of benzene rings is 2. The molecule has 2 aromatic carbocycles. The summed E-state index contributed by atoms with van der Waals surface area (Å²) in [6.07, 6.45) is 2.71. The van der Waals surface area contributed by atoms with Crippen molar-refractivity contribution in [3.63, 3.8) is 0 Å². The Morgan fingerprint density at radius 1 is 1.04 bits per heavy atom. The average molecular weight is 379 g/mol. The number of rotatable bonds is 8. The molecule has 7 heteroatoms. The highest BCUT2D eigenvalue weighted by atomic mass is 16.5. The smallest absolute Gasteiger partial charge is 0.408 e. The van der Waals surface area contributed by atoms with Gasteiger partial charge in [-0.05, 0) is 11.1 Å². The summed E-state index contributed by atoms with van der Waals surface area (Å²) in [5.74, 6) is -1.14.